The summed E-state index contributed by atoms with van der Waals surface area (Å²) >= 11 is 1.63. The maximum atomic E-state index is 13.8. The second-order valence-electron chi connectivity index (χ2n) is 7.02. The van der Waals surface area contributed by atoms with Gasteiger partial charge in [-0.05, 0) is 24.3 Å². The van der Waals surface area contributed by atoms with E-state index < -0.39 is 0 Å². The number of amides is 2. The van der Waals surface area contributed by atoms with Gasteiger partial charge in [0.1, 0.15) is 5.82 Å². The summed E-state index contributed by atoms with van der Waals surface area (Å²) in [5.41, 5.74) is 1.99. The fourth-order valence-corrected chi connectivity index (χ4v) is 4.45. The Morgan fingerprint density at radius 3 is 2.68 bits per heavy atom. The second kappa shape index (κ2) is 8.32. The molecule has 1 saturated heterocycles. The largest absolute Gasteiger partial charge is 0.336 e. The molecule has 2 aliphatic rings. The minimum atomic E-state index is -0.189. The highest BCUT2D eigenvalue weighted by Crippen LogP contribution is 2.31. The van der Waals surface area contributed by atoms with Gasteiger partial charge in [-0.25, -0.2) is 4.39 Å². The highest BCUT2D eigenvalue weighted by Gasteiger charge is 2.24. The molecule has 146 valence electrons. The smallest absolute Gasteiger partial charge is 0.254 e. The summed E-state index contributed by atoms with van der Waals surface area (Å²) in [4.78, 5) is 29.7. The molecule has 0 aromatic heterocycles. The van der Waals surface area contributed by atoms with Gasteiger partial charge in [0.2, 0.25) is 5.91 Å². The molecular weight excluding hydrogens is 377 g/mol. The van der Waals surface area contributed by atoms with Gasteiger partial charge in [-0.2, -0.15) is 0 Å². The zero-order valence-electron chi connectivity index (χ0n) is 15.5. The highest BCUT2D eigenvalue weighted by atomic mass is 32.2. The molecule has 5 nitrogen and oxygen atoms in total. The van der Waals surface area contributed by atoms with E-state index in [2.05, 4.69) is 10.2 Å². The van der Waals surface area contributed by atoms with Crippen molar-refractivity contribution in [3.63, 3.8) is 0 Å². The molecule has 2 aromatic carbocycles. The van der Waals surface area contributed by atoms with E-state index in [9.17, 15) is 14.0 Å². The molecule has 0 atom stereocenters. The molecule has 1 N–H and O–H groups in total. The van der Waals surface area contributed by atoms with Gasteiger partial charge < -0.3 is 10.2 Å². The Labute approximate surface area is 167 Å². The van der Waals surface area contributed by atoms with Crippen LogP contribution in [0.5, 0.6) is 0 Å². The molecule has 0 unspecified atom stereocenters. The average molecular weight is 399 g/mol. The Hall–Kier alpha value is -2.38. The highest BCUT2D eigenvalue weighted by molar-refractivity contribution is 7.99. The molecule has 1 fully saturated rings. The van der Waals surface area contributed by atoms with Crippen LogP contribution in [0.25, 0.3) is 0 Å². The fourth-order valence-electron chi connectivity index (χ4n) is 3.51. The van der Waals surface area contributed by atoms with E-state index in [-0.39, 0.29) is 17.6 Å². The summed E-state index contributed by atoms with van der Waals surface area (Å²) in [7, 11) is 0. The Bertz CT molecular complexity index is 897. The Kier molecular flexibility index (Phi) is 5.64. The van der Waals surface area contributed by atoms with Gasteiger partial charge in [0.25, 0.3) is 5.91 Å². The maximum absolute atomic E-state index is 13.8. The van der Waals surface area contributed by atoms with Gasteiger partial charge in [0.05, 0.1) is 5.69 Å². The van der Waals surface area contributed by atoms with Crippen LogP contribution < -0.4 is 5.32 Å². The van der Waals surface area contributed by atoms with E-state index in [4.69, 9.17) is 0 Å². The fraction of sp³-hybridized carbons (Fsp3) is 0.333. The topological polar surface area (TPSA) is 52.7 Å². The van der Waals surface area contributed by atoms with Crippen LogP contribution in [0.2, 0.25) is 0 Å². The summed E-state index contributed by atoms with van der Waals surface area (Å²) < 4.78 is 13.8. The van der Waals surface area contributed by atoms with Crippen LogP contribution in [0.15, 0.2) is 47.4 Å². The first-order chi connectivity index (χ1) is 13.6. The first kappa shape index (κ1) is 19.0. The number of benzene rings is 2. The number of carbonyl (C=O) groups is 2. The lowest BCUT2D eigenvalue weighted by Crippen LogP contribution is -2.48. The van der Waals surface area contributed by atoms with Crippen molar-refractivity contribution in [2.75, 3.05) is 37.2 Å². The van der Waals surface area contributed by atoms with Crippen LogP contribution in [0.1, 0.15) is 22.3 Å². The second-order valence-corrected chi connectivity index (χ2v) is 8.15. The van der Waals surface area contributed by atoms with Gasteiger partial charge >= 0.3 is 0 Å². The number of piperazine rings is 1. The standard InChI is InChI=1S/C21H22FN3O2S/c22-17-4-2-1-3-16(17)14-24-8-10-25(11-9-24)21(27)15-5-6-19-18(13-15)23-20(26)7-12-28-19/h1-6,13H,7-12,14H2,(H,23,26). The molecular formula is C21H22FN3O2S. The van der Waals surface area contributed by atoms with Crippen LogP contribution in [-0.2, 0) is 11.3 Å². The van der Waals surface area contributed by atoms with E-state index >= 15 is 0 Å². The van der Waals surface area contributed by atoms with Gasteiger partial charge in [-0.1, -0.05) is 18.2 Å². The minimum Gasteiger partial charge on any atom is -0.336 e. The van der Waals surface area contributed by atoms with Crippen LogP contribution in [0.4, 0.5) is 10.1 Å². The summed E-state index contributed by atoms with van der Waals surface area (Å²) in [6, 6.07) is 12.3. The van der Waals surface area contributed by atoms with Gasteiger partial charge in [0, 0.05) is 60.9 Å². The molecule has 0 aliphatic carbocycles. The van der Waals surface area contributed by atoms with Crippen LogP contribution in [-0.4, -0.2) is 53.5 Å². The molecule has 4 rings (SSSR count). The Morgan fingerprint density at radius 2 is 1.89 bits per heavy atom. The lowest BCUT2D eigenvalue weighted by atomic mass is 10.1. The zero-order chi connectivity index (χ0) is 19.5. The zero-order valence-corrected chi connectivity index (χ0v) is 16.3. The van der Waals surface area contributed by atoms with Crippen LogP contribution in [0, 0.1) is 5.82 Å². The number of fused-ring (bicyclic) bond motifs is 1. The minimum absolute atomic E-state index is 0.0161. The van der Waals surface area contributed by atoms with E-state index in [1.54, 1.807) is 30.0 Å². The third kappa shape index (κ3) is 4.20. The van der Waals surface area contributed by atoms with Crippen molar-refractivity contribution in [2.24, 2.45) is 0 Å². The number of halogens is 1. The van der Waals surface area contributed by atoms with Crippen LogP contribution in [0.3, 0.4) is 0 Å². The SMILES string of the molecule is O=C1CCSc2ccc(C(=O)N3CCN(Cc4ccccc4F)CC3)cc2N1. The lowest BCUT2D eigenvalue weighted by Gasteiger charge is -2.35. The number of nitrogens with zero attached hydrogens (tertiary/aromatic N) is 2. The van der Waals surface area contributed by atoms with Crippen molar-refractivity contribution in [3.8, 4) is 0 Å². The van der Waals surface area contributed by atoms with Crippen molar-refractivity contribution in [2.45, 2.75) is 17.9 Å². The molecule has 2 aromatic rings. The van der Waals surface area contributed by atoms with E-state index in [0.29, 0.717) is 50.3 Å². The third-order valence-corrected chi connectivity index (χ3v) is 6.17. The van der Waals surface area contributed by atoms with Crippen molar-refractivity contribution >= 4 is 29.3 Å². The summed E-state index contributed by atoms with van der Waals surface area (Å²) in [5, 5.41) is 2.89. The van der Waals surface area contributed by atoms with E-state index in [1.807, 2.05) is 23.1 Å². The molecule has 2 aliphatic heterocycles. The molecule has 7 heteroatoms. The monoisotopic (exact) mass is 399 g/mol. The van der Waals surface area contributed by atoms with Crippen LogP contribution >= 0.6 is 11.8 Å². The number of thioether (sulfide) groups is 1. The number of anilines is 1. The molecule has 0 bridgehead atoms. The van der Waals surface area contributed by atoms with Crippen molar-refractivity contribution in [1.29, 1.82) is 0 Å². The number of rotatable bonds is 3. The molecule has 0 saturated carbocycles. The predicted molar refractivity (Wildman–Crippen MR) is 108 cm³/mol. The molecule has 0 radical (unpaired) electrons. The maximum Gasteiger partial charge on any atom is 0.254 e. The molecule has 28 heavy (non-hydrogen) atoms. The van der Waals surface area contributed by atoms with Crippen molar-refractivity contribution < 1.29 is 14.0 Å². The summed E-state index contributed by atoms with van der Waals surface area (Å²) in [5.74, 6) is 0.510. The molecule has 2 amide bonds. The Balaban J connectivity index is 1.39. The summed E-state index contributed by atoms with van der Waals surface area (Å²) in [6.45, 7) is 3.17. The third-order valence-electron chi connectivity index (χ3n) is 5.10. The molecule has 0 spiro atoms. The van der Waals surface area contributed by atoms with Crippen molar-refractivity contribution in [3.05, 3.63) is 59.4 Å². The first-order valence-electron chi connectivity index (χ1n) is 9.42. The number of carbonyl (C=O) groups excluding carboxylic acids is 2. The number of hydrogen-bond acceptors (Lipinski definition) is 4. The van der Waals surface area contributed by atoms with E-state index in [1.165, 1.54) is 6.07 Å². The quantitative estimate of drug-likeness (QED) is 0.861. The van der Waals surface area contributed by atoms with E-state index in [0.717, 1.165) is 16.3 Å². The predicted octanol–water partition coefficient (Wildman–Crippen LogP) is 3.22. The number of nitrogens with one attached hydrogen (secondary N) is 1. The number of hydrogen-bond donors (Lipinski definition) is 1. The Morgan fingerprint density at radius 1 is 1.11 bits per heavy atom. The average Bonchev–Trinajstić information content (AvgIpc) is 2.89. The summed E-state index contributed by atoms with van der Waals surface area (Å²) in [6.07, 6.45) is 0.479. The van der Waals surface area contributed by atoms with Crippen molar-refractivity contribution in [1.82, 2.24) is 9.80 Å². The van der Waals surface area contributed by atoms with Gasteiger partial charge in [-0.3, -0.25) is 14.5 Å². The normalized spacial score (nSPS) is 17.6. The molecule has 2 heterocycles. The van der Waals surface area contributed by atoms with Gasteiger partial charge in [-0.15, -0.1) is 11.8 Å². The lowest BCUT2D eigenvalue weighted by molar-refractivity contribution is -0.115. The first-order valence-corrected chi connectivity index (χ1v) is 10.4. The van der Waals surface area contributed by atoms with Gasteiger partial charge in [0.15, 0.2) is 0 Å².